The quantitative estimate of drug-likeness (QED) is 0.826. The Morgan fingerprint density at radius 2 is 2.06 bits per heavy atom. The standard InChI is InChI=1S/C12H24N2O.ClH/c1-4-11(5-2)8-12(15)14-7-6-13-10(3)9-14;/h10-11,13H,4-9H2,1-3H3;1H. The highest BCUT2D eigenvalue weighted by atomic mass is 35.5. The Labute approximate surface area is 105 Å². The van der Waals surface area contributed by atoms with E-state index in [1.54, 1.807) is 0 Å². The molecular formula is C12H25ClN2O. The molecular weight excluding hydrogens is 224 g/mol. The molecule has 1 aliphatic heterocycles. The first-order valence-electron chi connectivity index (χ1n) is 6.18. The number of amides is 1. The van der Waals surface area contributed by atoms with Gasteiger partial charge >= 0.3 is 0 Å². The predicted molar refractivity (Wildman–Crippen MR) is 70.0 cm³/mol. The SMILES string of the molecule is CCC(CC)CC(=O)N1CCNC(C)C1.Cl. The van der Waals surface area contributed by atoms with Crippen LogP contribution < -0.4 is 5.32 Å². The van der Waals surface area contributed by atoms with E-state index >= 15 is 0 Å². The zero-order chi connectivity index (χ0) is 11.3. The normalized spacial score (nSPS) is 20.8. The highest BCUT2D eigenvalue weighted by Gasteiger charge is 2.21. The van der Waals surface area contributed by atoms with Crippen LogP contribution in [0.25, 0.3) is 0 Å². The Hall–Kier alpha value is -0.280. The van der Waals surface area contributed by atoms with Crippen molar-refractivity contribution in [1.29, 1.82) is 0 Å². The summed E-state index contributed by atoms with van der Waals surface area (Å²) in [6.07, 6.45) is 2.97. The van der Waals surface area contributed by atoms with Gasteiger partial charge in [-0.2, -0.15) is 0 Å². The van der Waals surface area contributed by atoms with E-state index in [1.807, 2.05) is 4.90 Å². The first-order chi connectivity index (χ1) is 7.17. The highest BCUT2D eigenvalue weighted by Crippen LogP contribution is 2.14. The van der Waals surface area contributed by atoms with Gasteiger partial charge in [0, 0.05) is 32.1 Å². The molecule has 1 unspecified atom stereocenters. The van der Waals surface area contributed by atoms with Crippen LogP contribution in [0.1, 0.15) is 40.0 Å². The van der Waals surface area contributed by atoms with Gasteiger partial charge in [0.2, 0.25) is 5.91 Å². The van der Waals surface area contributed by atoms with Crippen LogP contribution in [-0.4, -0.2) is 36.5 Å². The molecule has 1 N–H and O–H groups in total. The molecule has 0 aromatic carbocycles. The van der Waals surface area contributed by atoms with Gasteiger partial charge < -0.3 is 10.2 Å². The minimum Gasteiger partial charge on any atom is -0.340 e. The summed E-state index contributed by atoms with van der Waals surface area (Å²) in [5.41, 5.74) is 0. The molecule has 1 saturated heterocycles. The van der Waals surface area contributed by atoms with E-state index in [0.717, 1.165) is 38.9 Å². The molecule has 4 heteroatoms. The van der Waals surface area contributed by atoms with E-state index in [2.05, 4.69) is 26.1 Å². The smallest absolute Gasteiger partial charge is 0.222 e. The Balaban J connectivity index is 0.00000225. The maximum atomic E-state index is 12.0. The summed E-state index contributed by atoms with van der Waals surface area (Å²) in [5, 5.41) is 3.35. The monoisotopic (exact) mass is 248 g/mol. The average molecular weight is 249 g/mol. The second-order valence-corrected chi connectivity index (χ2v) is 4.58. The van der Waals surface area contributed by atoms with Crippen molar-refractivity contribution < 1.29 is 4.79 Å². The average Bonchev–Trinajstić information content (AvgIpc) is 2.25. The second kappa shape index (κ2) is 7.91. The zero-order valence-electron chi connectivity index (χ0n) is 10.7. The van der Waals surface area contributed by atoms with E-state index in [0.29, 0.717) is 17.9 Å². The fourth-order valence-corrected chi connectivity index (χ4v) is 2.11. The summed E-state index contributed by atoms with van der Waals surface area (Å²) < 4.78 is 0. The van der Waals surface area contributed by atoms with Crippen LogP contribution in [-0.2, 0) is 4.79 Å². The fraction of sp³-hybridized carbons (Fsp3) is 0.917. The molecule has 1 amide bonds. The summed E-state index contributed by atoms with van der Waals surface area (Å²) >= 11 is 0. The summed E-state index contributed by atoms with van der Waals surface area (Å²) in [6, 6.07) is 0.449. The molecule has 0 saturated carbocycles. The molecule has 0 spiro atoms. The summed E-state index contributed by atoms with van der Waals surface area (Å²) in [7, 11) is 0. The largest absolute Gasteiger partial charge is 0.340 e. The zero-order valence-corrected chi connectivity index (χ0v) is 11.5. The third-order valence-electron chi connectivity index (χ3n) is 3.34. The molecule has 1 aliphatic rings. The van der Waals surface area contributed by atoms with Crippen molar-refractivity contribution in [3.63, 3.8) is 0 Å². The molecule has 16 heavy (non-hydrogen) atoms. The number of nitrogens with zero attached hydrogens (tertiary/aromatic N) is 1. The van der Waals surface area contributed by atoms with Crippen molar-refractivity contribution in [2.24, 2.45) is 5.92 Å². The van der Waals surface area contributed by atoms with Crippen molar-refractivity contribution in [3.05, 3.63) is 0 Å². The van der Waals surface area contributed by atoms with Gasteiger partial charge in [-0.05, 0) is 12.8 Å². The third-order valence-corrected chi connectivity index (χ3v) is 3.34. The molecule has 0 aliphatic carbocycles. The number of hydrogen-bond acceptors (Lipinski definition) is 2. The molecule has 0 radical (unpaired) electrons. The lowest BCUT2D eigenvalue weighted by molar-refractivity contribution is -0.133. The number of rotatable bonds is 4. The van der Waals surface area contributed by atoms with Crippen LogP contribution in [0.4, 0.5) is 0 Å². The van der Waals surface area contributed by atoms with Gasteiger partial charge in [-0.25, -0.2) is 0 Å². The van der Waals surface area contributed by atoms with E-state index < -0.39 is 0 Å². The van der Waals surface area contributed by atoms with Crippen LogP contribution in [0, 0.1) is 5.92 Å². The Bertz CT molecular complexity index is 207. The minimum atomic E-state index is 0. The van der Waals surface area contributed by atoms with E-state index in [9.17, 15) is 4.79 Å². The molecule has 0 bridgehead atoms. The lowest BCUT2D eigenvalue weighted by atomic mass is 9.98. The van der Waals surface area contributed by atoms with Crippen LogP contribution in [0.2, 0.25) is 0 Å². The second-order valence-electron chi connectivity index (χ2n) is 4.58. The van der Waals surface area contributed by atoms with Crippen molar-refractivity contribution >= 4 is 18.3 Å². The van der Waals surface area contributed by atoms with Gasteiger partial charge in [0.25, 0.3) is 0 Å². The van der Waals surface area contributed by atoms with Gasteiger partial charge in [0.05, 0.1) is 0 Å². The highest BCUT2D eigenvalue weighted by molar-refractivity contribution is 5.85. The van der Waals surface area contributed by atoms with Gasteiger partial charge in [0.15, 0.2) is 0 Å². The summed E-state index contributed by atoms with van der Waals surface area (Å²) in [4.78, 5) is 14.0. The van der Waals surface area contributed by atoms with Crippen molar-refractivity contribution in [3.8, 4) is 0 Å². The van der Waals surface area contributed by atoms with E-state index in [-0.39, 0.29) is 12.4 Å². The van der Waals surface area contributed by atoms with Crippen LogP contribution in [0.3, 0.4) is 0 Å². The maximum absolute atomic E-state index is 12.0. The molecule has 0 aromatic rings. The topological polar surface area (TPSA) is 32.3 Å². The lowest BCUT2D eigenvalue weighted by Crippen LogP contribution is -2.51. The van der Waals surface area contributed by atoms with Crippen molar-refractivity contribution in [1.82, 2.24) is 10.2 Å². The van der Waals surface area contributed by atoms with Crippen LogP contribution in [0.15, 0.2) is 0 Å². The minimum absolute atomic E-state index is 0. The number of piperazine rings is 1. The Morgan fingerprint density at radius 1 is 1.44 bits per heavy atom. The van der Waals surface area contributed by atoms with Gasteiger partial charge in [-0.15, -0.1) is 12.4 Å². The summed E-state index contributed by atoms with van der Waals surface area (Å²) in [5.74, 6) is 0.916. The number of carbonyl (C=O) groups is 1. The molecule has 0 aromatic heterocycles. The lowest BCUT2D eigenvalue weighted by Gasteiger charge is -2.32. The molecule has 1 rings (SSSR count). The molecule has 3 nitrogen and oxygen atoms in total. The number of hydrogen-bond donors (Lipinski definition) is 1. The van der Waals surface area contributed by atoms with Gasteiger partial charge in [0.1, 0.15) is 0 Å². The first-order valence-corrected chi connectivity index (χ1v) is 6.18. The van der Waals surface area contributed by atoms with Crippen molar-refractivity contribution in [2.45, 2.75) is 46.1 Å². The fourth-order valence-electron chi connectivity index (χ4n) is 2.11. The molecule has 1 atom stereocenters. The first kappa shape index (κ1) is 15.7. The number of halogens is 1. The Kier molecular flexibility index (Phi) is 7.77. The van der Waals surface area contributed by atoms with E-state index in [4.69, 9.17) is 0 Å². The van der Waals surface area contributed by atoms with Gasteiger partial charge in [-0.1, -0.05) is 26.7 Å². The maximum Gasteiger partial charge on any atom is 0.222 e. The third kappa shape index (κ3) is 4.71. The van der Waals surface area contributed by atoms with E-state index in [1.165, 1.54) is 0 Å². The van der Waals surface area contributed by atoms with Crippen LogP contribution in [0.5, 0.6) is 0 Å². The predicted octanol–water partition coefficient (Wildman–Crippen LogP) is 2.05. The number of nitrogens with one attached hydrogen (secondary N) is 1. The molecule has 1 heterocycles. The summed E-state index contributed by atoms with van der Waals surface area (Å²) in [6.45, 7) is 9.17. The molecule has 96 valence electrons. The van der Waals surface area contributed by atoms with Gasteiger partial charge in [-0.3, -0.25) is 4.79 Å². The van der Waals surface area contributed by atoms with Crippen molar-refractivity contribution in [2.75, 3.05) is 19.6 Å². The Morgan fingerprint density at radius 3 is 2.56 bits per heavy atom. The van der Waals surface area contributed by atoms with Crippen LogP contribution >= 0.6 is 12.4 Å². The molecule has 1 fully saturated rings. The number of carbonyl (C=O) groups excluding carboxylic acids is 1.